The average molecular weight is 390 g/mol. The number of hydrogen-bond donors (Lipinski definition) is 4. The van der Waals surface area contributed by atoms with Gasteiger partial charge in [-0.25, -0.2) is 9.78 Å². The predicted octanol–water partition coefficient (Wildman–Crippen LogP) is 2.58. The van der Waals surface area contributed by atoms with E-state index >= 15 is 0 Å². The number of rotatable bonds is 6. The van der Waals surface area contributed by atoms with Crippen molar-refractivity contribution in [3.05, 3.63) is 83.6 Å². The van der Waals surface area contributed by atoms with Gasteiger partial charge in [-0.05, 0) is 47.5 Å². The number of anilines is 3. The minimum atomic E-state index is -0.532. The second kappa shape index (κ2) is 8.75. The number of primary amides is 1. The predicted molar refractivity (Wildman–Crippen MR) is 113 cm³/mol. The summed E-state index contributed by atoms with van der Waals surface area (Å²) < 4.78 is 0. The Labute approximate surface area is 168 Å². The zero-order valence-corrected chi connectivity index (χ0v) is 15.7. The monoisotopic (exact) mass is 390 g/mol. The third kappa shape index (κ3) is 5.23. The normalized spacial score (nSPS) is 10.3. The molecule has 0 bridgehead atoms. The van der Waals surface area contributed by atoms with E-state index in [0.29, 0.717) is 30.0 Å². The number of urea groups is 1. The molecule has 0 aliphatic rings. The molecule has 3 amide bonds. The molecule has 0 saturated carbocycles. The van der Waals surface area contributed by atoms with Crippen molar-refractivity contribution in [2.75, 3.05) is 16.8 Å². The summed E-state index contributed by atoms with van der Waals surface area (Å²) in [4.78, 5) is 29.7. The molecule has 0 saturated heterocycles. The molecule has 8 heteroatoms. The zero-order chi connectivity index (χ0) is 20.8. The molecule has 1 heterocycles. The molecule has 0 aliphatic carbocycles. The number of carbonyl (C=O) groups excluding carboxylic acids is 2. The Morgan fingerprint density at radius 3 is 2.03 bits per heavy atom. The summed E-state index contributed by atoms with van der Waals surface area (Å²) in [6.07, 6.45) is 1.55. The largest absolute Gasteiger partial charge is 0.399 e. The Hall–Kier alpha value is -4.07. The lowest BCUT2D eigenvalue weighted by molar-refractivity contribution is 0.102. The minimum absolute atomic E-state index is 0.247. The van der Waals surface area contributed by atoms with Crippen molar-refractivity contribution < 1.29 is 9.59 Å². The summed E-state index contributed by atoms with van der Waals surface area (Å²) in [5, 5.41) is 2.72. The van der Waals surface area contributed by atoms with Crippen molar-refractivity contribution in [3.8, 4) is 0 Å². The molecule has 0 radical (unpaired) electrons. The van der Waals surface area contributed by atoms with Gasteiger partial charge < -0.3 is 27.4 Å². The second-order valence-electron chi connectivity index (χ2n) is 6.52. The molecule has 2 aromatic carbocycles. The maximum Gasteiger partial charge on any atom is 0.315 e. The molecule has 0 atom stereocenters. The third-order valence-electron chi connectivity index (χ3n) is 4.34. The van der Waals surface area contributed by atoms with E-state index in [4.69, 9.17) is 17.2 Å². The summed E-state index contributed by atoms with van der Waals surface area (Å²) in [6, 6.07) is 17.0. The number of benzene rings is 2. The van der Waals surface area contributed by atoms with Crippen molar-refractivity contribution in [1.82, 2.24) is 9.88 Å². The first kappa shape index (κ1) is 19.7. The maximum absolute atomic E-state index is 12.4. The maximum atomic E-state index is 12.4. The van der Waals surface area contributed by atoms with Gasteiger partial charge in [-0.1, -0.05) is 24.3 Å². The Morgan fingerprint density at radius 2 is 1.48 bits per heavy atom. The number of nitrogen functional groups attached to an aromatic ring is 2. The summed E-state index contributed by atoms with van der Waals surface area (Å²) >= 11 is 0. The quantitative estimate of drug-likeness (QED) is 0.479. The summed E-state index contributed by atoms with van der Waals surface area (Å²) in [5.41, 5.74) is 20.3. The highest BCUT2D eigenvalue weighted by Gasteiger charge is 2.13. The highest BCUT2D eigenvalue weighted by Crippen LogP contribution is 2.16. The number of nitrogens with two attached hydrogens (primary N) is 3. The van der Waals surface area contributed by atoms with Crippen LogP contribution in [0.4, 0.5) is 22.0 Å². The van der Waals surface area contributed by atoms with Crippen LogP contribution in [0.2, 0.25) is 0 Å². The molecule has 8 nitrogen and oxygen atoms in total. The van der Waals surface area contributed by atoms with Crippen LogP contribution in [0, 0.1) is 0 Å². The van der Waals surface area contributed by atoms with E-state index in [-0.39, 0.29) is 11.7 Å². The van der Waals surface area contributed by atoms with Crippen LogP contribution in [0.15, 0.2) is 66.9 Å². The van der Waals surface area contributed by atoms with E-state index in [2.05, 4.69) is 10.3 Å². The van der Waals surface area contributed by atoms with Gasteiger partial charge in [-0.3, -0.25) is 4.79 Å². The van der Waals surface area contributed by atoms with Crippen LogP contribution in [0.3, 0.4) is 0 Å². The van der Waals surface area contributed by atoms with Crippen molar-refractivity contribution in [2.24, 2.45) is 5.73 Å². The number of hydrogen-bond acceptors (Lipinski definition) is 5. The smallest absolute Gasteiger partial charge is 0.315 e. The highest BCUT2D eigenvalue weighted by molar-refractivity contribution is 6.05. The minimum Gasteiger partial charge on any atom is -0.399 e. The van der Waals surface area contributed by atoms with Crippen molar-refractivity contribution >= 4 is 29.1 Å². The van der Waals surface area contributed by atoms with Gasteiger partial charge >= 0.3 is 6.03 Å². The first-order valence-electron chi connectivity index (χ1n) is 8.92. The lowest BCUT2D eigenvalue weighted by Crippen LogP contribution is -2.34. The molecule has 29 heavy (non-hydrogen) atoms. The number of carbonyl (C=O) groups is 2. The summed E-state index contributed by atoms with van der Waals surface area (Å²) in [5.74, 6) is -0.0536. The van der Waals surface area contributed by atoms with Gasteiger partial charge in [-0.15, -0.1) is 0 Å². The molecular formula is C21H22N6O2. The molecular weight excluding hydrogens is 368 g/mol. The Morgan fingerprint density at radius 1 is 0.897 bits per heavy atom. The Balaban J connectivity index is 1.66. The van der Waals surface area contributed by atoms with Gasteiger partial charge in [0.15, 0.2) is 0 Å². The van der Waals surface area contributed by atoms with E-state index in [1.165, 1.54) is 4.90 Å². The fraction of sp³-hybridized carbons (Fsp3) is 0.0952. The SMILES string of the molecule is NC(=O)N(Cc1ccc(N)cc1)Cc1ccc(C(=O)Nc2cccnc2N)cc1. The number of pyridine rings is 1. The number of nitrogens with one attached hydrogen (secondary N) is 1. The van der Waals surface area contributed by atoms with E-state index in [1.807, 2.05) is 12.1 Å². The molecule has 148 valence electrons. The summed E-state index contributed by atoms with van der Waals surface area (Å²) in [6.45, 7) is 0.676. The molecule has 0 aliphatic heterocycles. The Kier molecular flexibility index (Phi) is 5.94. The van der Waals surface area contributed by atoms with Gasteiger partial charge in [0.1, 0.15) is 5.82 Å². The van der Waals surface area contributed by atoms with Crippen LogP contribution in [0.1, 0.15) is 21.5 Å². The molecule has 0 unspecified atom stereocenters. The molecule has 7 N–H and O–H groups in total. The van der Waals surface area contributed by atoms with Crippen molar-refractivity contribution in [1.29, 1.82) is 0 Å². The van der Waals surface area contributed by atoms with E-state index in [1.54, 1.807) is 54.7 Å². The lowest BCUT2D eigenvalue weighted by Gasteiger charge is -2.21. The molecule has 1 aromatic heterocycles. The lowest BCUT2D eigenvalue weighted by atomic mass is 10.1. The van der Waals surface area contributed by atoms with Crippen molar-refractivity contribution in [3.63, 3.8) is 0 Å². The number of amides is 3. The van der Waals surface area contributed by atoms with Crippen LogP contribution >= 0.6 is 0 Å². The van der Waals surface area contributed by atoms with E-state index in [0.717, 1.165) is 11.1 Å². The van der Waals surface area contributed by atoms with Crippen molar-refractivity contribution in [2.45, 2.75) is 13.1 Å². The van der Waals surface area contributed by atoms with Crippen LogP contribution in [0.25, 0.3) is 0 Å². The van der Waals surface area contributed by atoms with E-state index < -0.39 is 6.03 Å². The Bertz CT molecular complexity index is 1000. The average Bonchev–Trinajstić information content (AvgIpc) is 2.71. The first-order chi connectivity index (χ1) is 13.9. The van der Waals surface area contributed by atoms with Crippen LogP contribution in [-0.2, 0) is 13.1 Å². The molecule has 3 aromatic rings. The second-order valence-corrected chi connectivity index (χ2v) is 6.52. The standard InChI is InChI=1S/C21H22N6O2/c22-17-9-5-15(6-10-17)13-27(21(24)29)12-14-3-7-16(8-4-14)20(28)26-18-2-1-11-25-19(18)23/h1-11H,12-13,22H2,(H2,23,25)(H2,24,29)(H,26,28). The fourth-order valence-corrected chi connectivity index (χ4v) is 2.75. The van der Waals surface area contributed by atoms with Gasteiger partial charge in [0.25, 0.3) is 5.91 Å². The number of nitrogens with zero attached hydrogens (tertiary/aromatic N) is 2. The van der Waals surface area contributed by atoms with Gasteiger partial charge in [0, 0.05) is 30.5 Å². The third-order valence-corrected chi connectivity index (χ3v) is 4.34. The summed E-state index contributed by atoms with van der Waals surface area (Å²) in [7, 11) is 0. The first-order valence-corrected chi connectivity index (χ1v) is 8.92. The molecule has 3 rings (SSSR count). The van der Waals surface area contributed by atoms with Gasteiger partial charge in [0.05, 0.1) is 5.69 Å². The fourth-order valence-electron chi connectivity index (χ4n) is 2.75. The van der Waals surface area contributed by atoms with Gasteiger partial charge in [0.2, 0.25) is 0 Å². The number of aromatic nitrogens is 1. The molecule has 0 spiro atoms. The highest BCUT2D eigenvalue weighted by atomic mass is 16.2. The van der Waals surface area contributed by atoms with Gasteiger partial charge in [-0.2, -0.15) is 0 Å². The topological polar surface area (TPSA) is 140 Å². The zero-order valence-electron chi connectivity index (χ0n) is 15.7. The van der Waals surface area contributed by atoms with E-state index in [9.17, 15) is 9.59 Å². The van der Waals surface area contributed by atoms with Crippen LogP contribution < -0.4 is 22.5 Å². The van der Waals surface area contributed by atoms with Crippen LogP contribution in [-0.4, -0.2) is 21.8 Å². The molecule has 0 fully saturated rings. The van der Waals surface area contributed by atoms with Crippen LogP contribution in [0.5, 0.6) is 0 Å².